The van der Waals surface area contributed by atoms with Crippen molar-refractivity contribution < 1.29 is 4.74 Å². The third kappa shape index (κ3) is 5.15. The predicted molar refractivity (Wildman–Crippen MR) is 73.7 cm³/mol. The molecule has 0 aromatic heterocycles. The molecule has 1 aromatic rings. The van der Waals surface area contributed by atoms with E-state index < -0.39 is 0 Å². The highest BCUT2D eigenvalue weighted by atomic mass is 35.5. The molecular formula is C15H19ClO. The van der Waals surface area contributed by atoms with Crippen molar-refractivity contribution in [2.75, 3.05) is 5.88 Å². The zero-order valence-corrected chi connectivity index (χ0v) is 11.3. The van der Waals surface area contributed by atoms with Crippen molar-refractivity contribution in [1.29, 1.82) is 0 Å². The highest BCUT2D eigenvalue weighted by Crippen LogP contribution is 2.16. The summed E-state index contributed by atoms with van der Waals surface area (Å²) in [5.41, 5.74) is 0.985. The summed E-state index contributed by atoms with van der Waals surface area (Å²) in [5.74, 6) is 7.58. The van der Waals surface area contributed by atoms with Crippen molar-refractivity contribution in [3.63, 3.8) is 0 Å². The Morgan fingerprint density at radius 3 is 2.71 bits per heavy atom. The molecule has 1 aromatic carbocycles. The maximum absolute atomic E-state index is 5.87. The maximum Gasteiger partial charge on any atom is 0.120 e. The van der Waals surface area contributed by atoms with Gasteiger partial charge in [-0.1, -0.05) is 31.8 Å². The molecule has 0 spiro atoms. The maximum atomic E-state index is 5.87. The van der Waals surface area contributed by atoms with Crippen LogP contribution in [0.3, 0.4) is 0 Å². The smallest absolute Gasteiger partial charge is 0.120 e. The van der Waals surface area contributed by atoms with Crippen LogP contribution < -0.4 is 4.74 Å². The molecule has 0 N–H and O–H groups in total. The van der Waals surface area contributed by atoms with Gasteiger partial charge in [0.2, 0.25) is 0 Å². The second-order valence-electron chi connectivity index (χ2n) is 3.82. The second kappa shape index (κ2) is 8.03. The van der Waals surface area contributed by atoms with E-state index in [1.165, 1.54) is 0 Å². The SMILES string of the molecule is CCC(CC)Oc1cccc(C#CCCCl)c1. The van der Waals surface area contributed by atoms with Gasteiger partial charge >= 0.3 is 0 Å². The molecule has 0 aliphatic carbocycles. The molecule has 0 radical (unpaired) electrons. The summed E-state index contributed by atoms with van der Waals surface area (Å²) >= 11 is 5.58. The molecule has 2 heteroatoms. The fraction of sp³-hybridized carbons (Fsp3) is 0.467. The Hall–Kier alpha value is -1.13. The van der Waals surface area contributed by atoms with Gasteiger partial charge in [-0.25, -0.2) is 0 Å². The van der Waals surface area contributed by atoms with Crippen molar-refractivity contribution in [3.05, 3.63) is 29.8 Å². The summed E-state index contributed by atoms with van der Waals surface area (Å²) in [7, 11) is 0. The topological polar surface area (TPSA) is 9.23 Å². The normalized spacial score (nSPS) is 9.88. The molecular weight excluding hydrogens is 232 g/mol. The van der Waals surface area contributed by atoms with Crippen LogP contribution in [0.5, 0.6) is 5.75 Å². The van der Waals surface area contributed by atoms with Crippen molar-refractivity contribution >= 4 is 11.6 Å². The van der Waals surface area contributed by atoms with E-state index in [0.717, 1.165) is 30.6 Å². The number of alkyl halides is 1. The molecule has 0 heterocycles. The molecule has 17 heavy (non-hydrogen) atoms. The lowest BCUT2D eigenvalue weighted by Gasteiger charge is -2.15. The fourth-order valence-corrected chi connectivity index (χ4v) is 1.60. The van der Waals surface area contributed by atoms with Crippen LogP contribution in [0.1, 0.15) is 38.7 Å². The lowest BCUT2D eigenvalue weighted by atomic mass is 10.2. The third-order valence-corrected chi connectivity index (χ3v) is 2.69. The summed E-state index contributed by atoms with van der Waals surface area (Å²) in [5, 5.41) is 0. The molecule has 0 saturated carbocycles. The minimum absolute atomic E-state index is 0.293. The van der Waals surface area contributed by atoms with E-state index >= 15 is 0 Å². The Kier molecular flexibility index (Phi) is 6.58. The van der Waals surface area contributed by atoms with E-state index in [0.29, 0.717) is 12.0 Å². The van der Waals surface area contributed by atoms with Crippen molar-refractivity contribution in [2.45, 2.75) is 39.2 Å². The van der Waals surface area contributed by atoms with Gasteiger partial charge in [-0.3, -0.25) is 0 Å². The highest BCUT2D eigenvalue weighted by molar-refractivity contribution is 6.18. The molecule has 0 aliphatic heterocycles. The lowest BCUT2D eigenvalue weighted by Crippen LogP contribution is -2.13. The molecule has 0 amide bonds. The Balaban J connectivity index is 2.69. The van der Waals surface area contributed by atoms with Crippen LogP contribution >= 0.6 is 11.6 Å². The van der Waals surface area contributed by atoms with Crippen LogP contribution in [0, 0.1) is 11.8 Å². The van der Waals surface area contributed by atoms with E-state index in [1.54, 1.807) is 0 Å². The Morgan fingerprint density at radius 2 is 2.06 bits per heavy atom. The standard InChI is InChI=1S/C15H19ClO/c1-3-14(4-2)17-15-10-7-9-13(12-15)8-5-6-11-16/h7,9-10,12,14H,3-4,6,11H2,1-2H3. The zero-order valence-electron chi connectivity index (χ0n) is 10.5. The van der Waals surface area contributed by atoms with E-state index in [9.17, 15) is 0 Å². The van der Waals surface area contributed by atoms with Crippen molar-refractivity contribution in [1.82, 2.24) is 0 Å². The Labute approximate surface area is 109 Å². The van der Waals surface area contributed by atoms with Crippen molar-refractivity contribution in [2.24, 2.45) is 0 Å². The van der Waals surface area contributed by atoms with Gasteiger partial charge in [-0.15, -0.1) is 11.6 Å². The first kappa shape index (κ1) is 13.9. The third-order valence-electron chi connectivity index (χ3n) is 2.50. The van der Waals surface area contributed by atoms with Gasteiger partial charge in [0.05, 0.1) is 6.10 Å². The average molecular weight is 251 g/mol. The molecule has 0 fully saturated rings. The largest absolute Gasteiger partial charge is 0.490 e. The van der Waals surface area contributed by atoms with Gasteiger partial charge in [0.15, 0.2) is 0 Å². The molecule has 1 nitrogen and oxygen atoms in total. The van der Waals surface area contributed by atoms with Gasteiger partial charge in [-0.05, 0) is 31.0 Å². The Morgan fingerprint density at radius 1 is 1.29 bits per heavy atom. The van der Waals surface area contributed by atoms with E-state index in [4.69, 9.17) is 16.3 Å². The summed E-state index contributed by atoms with van der Waals surface area (Å²) in [4.78, 5) is 0. The minimum Gasteiger partial charge on any atom is -0.490 e. The van der Waals surface area contributed by atoms with Gasteiger partial charge in [-0.2, -0.15) is 0 Å². The quantitative estimate of drug-likeness (QED) is 0.561. The molecule has 0 bridgehead atoms. The molecule has 0 aliphatic rings. The number of hydrogen-bond donors (Lipinski definition) is 0. The number of benzene rings is 1. The van der Waals surface area contributed by atoms with Gasteiger partial charge < -0.3 is 4.74 Å². The minimum atomic E-state index is 0.293. The lowest BCUT2D eigenvalue weighted by molar-refractivity contribution is 0.193. The first-order valence-electron chi connectivity index (χ1n) is 6.11. The van der Waals surface area contributed by atoms with Crippen LogP contribution in [-0.4, -0.2) is 12.0 Å². The van der Waals surface area contributed by atoms with E-state index in [2.05, 4.69) is 25.7 Å². The molecule has 0 saturated heterocycles. The van der Waals surface area contributed by atoms with Crippen LogP contribution in [0.25, 0.3) is 0 Å². The number of rotatable bonds is 5. The summed E-state index contributed by atoms with van der Waals surface area (Å²) in [6, 6.07) is 7.92. The molecule has 92 valence electrons. The molecule has 0 unspecified atom stereocenters. The van der Waals surface area contributed by atoms with Gasteiger partial charge in [0.1, 0.15) is 5.75 Å². The second-order valence-corrected chi connectivity index (χ2v) is 4.20. The summed E-state index contributed by atoms with van der Waals surface area (Å²) in [6.07, 6.45) is 3.07. The van der Waals surface area contributed by atoms with Crippen LogP contribution in [0.2, 0.25) is 0 Å². The summed E-state index contributed by atoms with van der Waals surface area (Å²) in [6.45, 7) is 4.27. The first-order valence-corrected chi connectivity index (χ1v) is 6.65. The number of hydrogen-bond acceptors (Lipinski definition) is 1. The van der Waals surface area contributed by atoms with E-state index in [-0.39, 0.29) is 0 Å². The fourth-order valence-electron chi connectivity index (χ4n) is 1.51. The van der Waals surface area contributed by atoms with Crippen LogP contribution in [0.15, 0.2) is 24.3 Å². The Bertz CT molecular complexity index is 385. The number of ether oxygens (including phenoxy) is 1. The highest BCUT2D eigenvalue weighted by Gasteiger charge is 2.04. The van der Waals surface area contributed by atoms with Crippen molar-refractivity contribution in [3.8, 4) is 17.6 Å². The van der Waals surface area contributed by atoms with Gasteiger partial charge in [0.25, 0.3) is 0 Å². The zero-order chi connectivity index (χ0) is 12.5. The van der Waals surface area contributed by atoms with Crippen LogP contribution in [-0.2, 0) is 0 Å². The summed E-state index contributed by atoms with van der Waals surface area (Å²) < 4.78 is 5.87. The number of halogens is 1. The van der Waals surface area contributed by atoms with E-state index in [1.807, 2.05) is 24.3 Å². The molecule has 0 atom stereocenters. The van der Waals surface area contributed by atoms with Crippen LogP contribution in [0.4, 0.5) is 0 Å². The molecule has 1 rings (SSSR count). The predicted octanol–water partition coefficient (Wildman–Crippen LogP) is 4.23. The van der Waals surface area contributed by atoms with Gasteiger partial charge in [0, 0.05) is 17.9 Å². The first-order chi connectivity index (χ1) is 8.30. The average Bonchev–Trinajstić information content (AvgIpc) is 2.37. The monoisotopic (exact) mass is 250 g/mol.